The number of benzene rings is 12. The van der Waals surface area contributed by atoms with E-state index in [9.17, 15) is 15.8 Å². The lowest BCUT2D eigenvalue weighted by molar-refractivity contribution is 1.16. The van der Waals surface area contributed by atoms with Crippen molar-refractivity contribution in [1.29, 1.82) is 15.8 Å². The summed E-state index contributed by atoms with van der Waals surface area (Å²) >= 11 is 0. The predicted molar refractivity (Wildman–Crippen MR) is 341 cm³/mol. The molecule has 12 aromatic carbocycles. The van der Waals surface area contributed by atoms with E-state index >= 15 is 0 Å². The summed E-state index contributed by atoms with van der Waals surface area (Å²) in [6, 6.07) is 94.7. The molecule has 0 N–H and O–H groups in total. The van der Waals surface area contributed by atoms with Gasteiger partial charge in [0, 0.05) is 59.8 Å². The SMILES string of the molecule is [C-]#[N+]c1ccc(-n2c3ccccc3c3ccccc32)c(-c2ccc3c(c2)c2ccccc2n3-c2ccc(C#N)cc2-c2cc(C#N)ccc2-n2c3ccccc3c3cc(-c4cc(C#N)ccc4-n4c5ccccc5c5ccccc54)ccc32)c1. The van der Waals surface area contributed by atoms with Crippen molar-refractivity contribution in [3.05, 3.63) is 283 Å². The number of para-hydroxylation sites is 6. The van der Waals surface area contributed by atoms with Gasteiger partial charge in [0.05, 0.1) is 108 Å². The lowest BCUT2D eigenvalue weighted by atomic mass is 9.96. The Hall–Kier alpha value is -12.2. The molecule has 16 aromatic rings. The standard InChI is InChI=1S/C76H42N8/c1-80-52-31-37-72(82-67-22-10-4-16-55(67)56-17-5-11-23-68(56)82)60(43-52)51-30-36-76-64(42-51)58-19-7-13-25-70(58)84(76)74-34-28-49(46-79)40-62(74)61-39-48(45-78)27-33-73(61)83-69-24-12-6-18-57(69)63-41-50(29-35-75(63)83)59-38-47(44-77)26-32-71(59)81-65-20-8-2-14-53(65)54-15-3-9-21-66(54)81/h2-43H. The number of fused-ring (bicyclic) bond motifs is 12. The maximum Gasteiger partial charge on any atom is 0.188 e. The first kappa shape index (κ1) is 47.8. The summed E-state index contributed by atoms with van der Waals surface area (Å²) in [4.78, 5) is 3.92. The van der Waals surface area contributed by atoms with Gasteiger partial charge in [0.1, 0.15) is 0 Å². The fraction of sp³-hybridized carbons (Fsp3) is 0. The van der Waals surface area contributed by atoms with E-state index in [0.717, 1.165) is 143 Å². The second kappa shape index (κ2) is 18.7. The van der Waals surface area contributed by atoms with Gasteiger partial charge >= 0.3 is 0 Å². The average Bonchev–Trinajstić information content (AvgIpc) is 3.51. The maximum atomic E-state index is 10.7. The molecule has 0 aliphatic carbocycles. The Morgan fingerprint density at radius 1 is 0.262 bits per heavy atom. The molecule has 16 rings (SSSR count). The first-order chi connectivity index (χ1) is 41.5. The fourth-order valence-electron chi connectivity index (χ4n) is 13.2. The van der Waals surface area contributed by atoms with Gasteiger partial charge in [-0.25, -0.2) is 4.85 Å². The molecule has 8 nitrogen and oxygen atoms in total. The lowest BCUT2D eigenvalue weighted by Gasteiger charge is -2.19. The number of nitrogens with zero attached hydrogens (tertiary/aromatic N) is 8. The van der Waals surface area contributed by atoms with Gasteiger partial charge < -0.3 is 18.3 Å². The number of rotatable bonds is 7. The zero-order valence-corrected chi connectivity index (χ0v) is 44.8. The van der Waals surface area contributed by atoms with E-state index < -0.39 is 0 Å². The number of hydrogen-bond donors (Lipinski definition) is 0. The highest BCUT2D eigenvalue weighted by atomic mass is 15.0. The Kier molecular flexibility index (Phi) is 10.6. The van der Waals surface area contributed by atoms with E-state index in [0.29, 0.717) is 22.4 Å². The Labute approximate surface area is 481 Å². The number of hydrogen-bond acceptors (Lipinski definition) is 3. The molecule has 0 unspecified atom stereocenters. The second-order valence-corrected chi connectivity index (χ2v) is 21.3. The quantitative estimate of drug-likeness (QED) is 0.149. The molecule has 84 heavy (non-hydrogen) atoms. The zero-order chi connectivity index (χ0) is 56.2. The van der Waals surface area contributed by atoms with Crippen LogP contribution in [-0.2, 0) is 0 Å². The number of nitriles is 3. The Morgan fingerprint density at radius 3 is 0.869 bits per heavy atom. The van der Waals surface area contributed by atoms with Crippen LogP contribution < -0.4 is 0 Å². The third kappa shape index (κ3) is 7.09. The third-order valence-electron chi connectivity index (χ3n) is 16.9. The minimum Gasteiger partial charge on any atom is -0.309 e. The van der Waals surface area contributed by atoms with Gasteiger partial charge in [-0.1, -0.05) is 127 Å². The van der Waals surface area contributed by atoms with Crippen LogP contribution in [-0.4, -0.2) is 18.3 Å². The molecule has 8 heteroatoms. The molecule has 386 valence electrons. The molecular weight excluding hydrogens is 1020 g/mol. The van der Waals surface area contributed by atoms with E-state index in [2.05, 4.69) is 235 Å². The minimum atomic E-state index is 0.479. The van der Waals surface area contributed by atoms with Gasteiger partial charge in [-0.3, -0.25) is 0 Å². The Bertz CT molecular complexity index is 5240. The molecular formula is C76H42N8. The maximum absolute atomic E-state index is 10.7. The van der Waals surface area contributed by atoms with Crippen LogP contribution in [0.5, 0.6) is 0 Å². The van der Waals surface area contributed by atoms with Crippen molar-refractivity contribution < 1.29 is 0 Å². The first-order valence-corrected chi connectivity index (χ1v) is 27.7. The van der Waals surface area contributed by atoms with Crippen molar-refractivity contribution in [2.75, 3.05) is 0 Å². The minimum absolute atomic E-state index is 0.479. The Morgan fingerprint density at radius 2 is 0.536 bits per heavy atom. The molecule has 0 aliphatic rings. The topological polar surface area (TPSA) is 95.4 Å². The summed E-state index contributed by atoms with van der Waals surface area (Å²) in [5.74, 6) is 0. The van der Waals surface area contributed by atoms with Gasteiger partial charge in [-0.05, 0) is 144 Å². The van der Waals surface area contributed by atoms with Crippen LogP contribution in [0.3, 0.4) is 0 Å². The number of aromatic nitrogens is 4. The van der Waals surface area contributed by atoms with Gasteiger partial charge in [-0.15, -0.1) is 0 Å². The van der Waals surface area contributed by atoms with E-state index in [-0.39, 0.29) is 0 Å². The van der Waals surface area contributed by atoms with E-state index in [4.69, 9.17) is 6.57 Å². The molecule has 0 fully saturated rings. The lowest BCUT2D eigenvalue weighted by Crippen LogP contribution is -2.02. The fourth-order valence-corrected chi connectivity index (χ4v) is 13.2. The van der Waals surface area contributed by atoms with Crippen LogP contribution in [0, 0.1) is 40.6 Å². The molecule has 0 atom stereocenters. The molecule has 0 amide bonds. The van der Waals surface area contributed by atoms with Crippen LogP contribution in [0.15, 0.2) is 255 Å². The van der Waals surface area contributed by atoms with Crippen molar-refractivity contribution >= 4 is 92.9 Å². The molecule has 0 spiro atoms. The van der Waals surface area contributed by atoms with E-state index in [1.807, 2.05) is 60.7 Å². The largest absolute Gasteiger partial charge is 0.309 e. The van der Waals surface area contributed by atoms with Gasteiger partial charge in [0.15, 0.2) is 5.69 Å². The van der Waals surface area contributed by atoms with E-state index in [1.54, 1.807) is 0 Å². The molecule has 4 heterocycles. The molecule has 0 bridgehead atoms. The third-order valence-corrected chi connectivity index (χ3v) is 16.9. The molecule has 0 aliphatic heterocycles. The summed E-state index contributed by atoms with van der Waals surface area (Å²) < 4.78 is 9.17. The monoisotopic (exact) mass is 1070 g/mol. The summed E-state index contributed by atoms with van der Waals surface area (Å²) in [6.45, 7) is 8.12. The van der Waals surface area contributed by atoms with Crippen molar-refractivity contribution in [2.24, 2.45) is 0 Å². The summed E-state index contributed by atoms with van der Waals surface area (Å²) in [5, 5.41) is 40.4. The van der Waals surface area contributed by atoms with Crippen LogP contribution in [0.1, 0.15) is 16.7 Å². The Balaban J connectivity index is 0.898. The summed E-state index contributed by atoms with van der Waals surface area (Å²) in [7, 11) is 0. The smallest absolute Gasteiger partial charge is 0.188 e. The van der Waals surface area contributed by atoms with Crippen LogP contribution in [0.4, 0.5) is 5.69 Å². The van der Waals surface area contributed by atoms with Crippen LogP contribution in [0.2, 0.25) is 0 Å². The van der Waals surface area contributed by atoms with Crippen molar-refractivity contribution in [3.63, 3.8) is 0 Å². The van der Waals surface area contributed by atoms with Gasteiger partial charge in [0.25, 0.3) is 0 Å². The van der Waals surface area contributed by atoms with Crippen molar-refractivity contribution in [2.45, 2.75) is 0 Å². The predicted octanol–water partition coefficient (Wildman–Crippen LogP) is 19.2. The van der Waals surface area contributed by atoms with Crippen LogP contribution in [0.25, 0.3) is 148 Å². The molecule has 0 saturated carbocycles. The van der Waals surface area contributed by atoms with Crippen LogP contribution >= 0.6 is 0 Å². The normalized spacial score (nSPS) is 11.5. The summed E-state index contributed by atoms with van der Waals surface area (Å²) in [5.41, 5.74) is 19.2. The second-order valence-electron chi connectivity index (χ2n) is 21.3. The summed E-state index contributed by atoms with van der Waals surface area (Å²) in [6.07, 6.45) is 0. The van der Waals surface area contributed by atoms with Gasteiger partial charge in [-0.2, -0.15) is 15.8 Å². The molecule has 0 radical (unpaired) electrons. The molecule has 0 saturated heterocycles. The van der Waals surface area contributed by atoms with Crippen molar-refractivity contribution in [1.82, 2.24) is 18.3 Å². The first-order valence-electron chi connectivity index (χ1n) is 27.7. The average molecular weight is 1070 g/mol. The zero-order valence-electron chi connectivity index (χ0n) is 44.8. The highest BCUT2D eigenvalue weighted by Gasteiger charge is 2.25. The highest BCUT2D eigenvalue weighted by molar-refractivity contribution is 6.15. The highest BCUT2D eigenvalue weighted by Crippen LogP contribution is 2.46. The molecule has 4 aromatic heterocycles. The van der Waals surface area contributed by atoms with Gasteiger partial charge in [0.2, 0.25) is 0 Å². The van der Waals surface area contributed by atoms with E-state index in [1.165, 1.54) is 0 Å². The van der Waals surface area contributed by atoms with Crippen molar-refractivity contribution in [3.8, 4) is 74.3 Å².